The molecule has 20 heavy (non-hydrogen) atoms. The number of para-hydroxylation sites is 1. The van der Waals surface area contributed by atoms with Crippen LogP contribution in [0.3, 0.4) is 0 Å². The molecule has 0 radical (unpaired) electrons. The number of aromatic nitrogens is 2. The lowest BCUT2D eigenvalue weighted by molar-refractivity contribution is -0.136. The summed E-state index contributed by atoms with van der Waals surface area (Å²) in [7, 11) is 1.81. The second kappa shape index (κ2) is 5.80. The number of nitrogens with zero attached hydrogens (tertiary/aromatic N) is 2. The maximum Gasteiger partial charge on any atom is 0.389 e. The van der Waals surface area contributed by atoms with Crippen LogP contribution in [0.2, 0.25) is 0 Å². The van der Waals surface area contributed by atoms with Crippen molar-refractivity contribution >= 4 is 10.9 Å². The fraction of sp³-hybridized carbons (Fsp3) is 0.462. The van der Waals surface area contributed by atoms with Gasteiger partial charge in [0.05, 0.1) is 11.2 Å². The third kappa shape index (κ3) is 3.49. The quantitative estimate of drug-likeness (QED) is 0.655. The zero-order valence-corrected chi connectivity index (χ0v) is 11.1. The highest BCUT2D eigenvalue weighted by Gasteiger charge is 2.28. The molecule has 2 rings (SSSR count). The number of benzene rings is 1. The molecule has 1 unspecified atom stereocenters. The van der Waals surface area contributed by atoms with Gasteiger partial charge in [0.1, 0.15) is 0 Å². The Labute approximate surface area is 114 Å². The second-order valence-electron chi connectivity index (χ2n) is 4.81. The molecular formula is C13H17F3N4. The predicted molar refractivity (Wildman–Crippen MR) is 70.8 cm³/mol. The van der Waals surface area contributed by atoms with Crippen molar-refractivity contribution in [1.29, 1.82) is 0 Å². The lowest BCUT2D eigenvalue weighted by atomic mass is 10.0. The topological polar surface area (TPSA) is 55.9 Å². The maximum atomic E-state index is 12.3. The summed E-state index contributed by atoms with van der Waals surface area (Å²) >= 11 is 0. The number of halogens is 3. The molecule has 1 heterocycles. The number of nitrogens with two attached hydrogens (primary N) is 1. The van der Waals surface area contributed by atoms with E-state index in [0.717, 1.165) is 16.6 Å². The summed E-state index contributed by atoms with van der Waals surface area (Å²) in [5.41, 5.74) is 4.16. The van der Waals surface area contributed by atoms with E-state index >= 15 is 0 Å². The Bertz CT molecular complexity index is 576. The van der Waals surface area contributed by atoms with Crippen molar-refractivity contribution in [3.05, 3.63) is 30.0 Å². The monoisotopic (exact) mass is 286 g/mol. The summed E-state index contributed by atoms with van der Waals surface area (Å²) in [5, 5.41) is 5.31. The van der Waals surface area contributed by atoms with Gasteiger partial charge in [-0.15, -0.1) is 0 Å². The van der Waals surface area contributed by atoms with Gasteiger partial charge in [0.2, 0.25) is 0 Å². The number of nitrogens with one attached hydrogen (secondary N) is 1. The molecule has 0 aliphatic carbocycles. The summed E-state index contributed by atoms with van der Waals surface area (Å²) in [6.45, 7) is 0. The Hall–Kier alpha value is -1.60. The number of hydrogen-bond donors (Lipinski definition) is 2. The first-order chi connectivity index (χ1) is 9.40. The second-order valence-corrected chi connectivity index (χ2v) is 4.81. The van der Waals surface area contributed by atoms with Gasteiger partial charge in [0, 0.05) is 31.3 Å². The lowest BCUT2D eigenvalue weighted by Crippen LogP contribution is -2.37. The van der Waals surface area contributed by atoms with Gasteiger partial charge in [-0.25, -0.2) is 0 Å². The van der Waals surface area contributed by atoms with Crippen LogP contribution in [0.25, 0.3) is 10.9 Å². The molecule has 110 valence electrons. The van der Waals surface area contributed by atoms with Gasteiger partial charge >= 0.3 is 6.18 Å². The highest BCUT2D eigenvalue weighted by molar-refractivity contribution is 5.81. The van der Waals surface area contributed by atoms with Crippen molar-refractivity contribution in [2.24, 2.45) is 12.9 Å². The van der Waals surface area contributed by atoms with Crippen LogP contribution < -0.4 is 11.3 Å². The van der Waals surface area contributed by atoms with Gasteiger partial charge in [-0.05, 0) is 12.5 Å². The zero-order chi connectivity index (χ0) is 14.8. The van der Waals surface area contributed by atoms with E-state index in [9.17, 15) is 13.2 Å². The number of rotatable bonds is 5. The molecule has 2 aromatic rings. The highest BCUT2D eigenvalue weighted by atomic mass is 19.4. The van der Waals surface area contributed by atoms with Gasteiger partial charge in [-0.2, -0.15) is 18.3 Å². The van der Waals surface area contributed by atoms with Crippen LogP contribution >= 0.6 is 0 Å². The summed E-state index contributed by atoms with van der Waals surface area (Å²) in [6, 6.07) is 7.17. The molecule has 1 atom stereocenters. The van der Waals surface area contributed by atoms with Crippen LogP contribution in [0.15, 0.2) is 24.3 Å². The number of hydrogen-bond acceptors (Lipinski definition) is 3. The fourth-order valence-electron chi connectivity index (χ4n) is 2.26. The largest absolute Gasteiger partial charge is 0.389 e. The first kappa shape index (κ1) is 14.8. The van der Waals surface area contributed by atoms with E-state index in [1.807, 2.05) is 31.3 Å². The molecule has 0 bridgehead atoms. The average molecular weight is 286 g/mol. The van der Waals surface area contributed by atoms with E-state index in [1.54, 1.807) is 4.68 Å². The fourth-order valence-corrected chi connectivity index (χ4v) is 2.26. The highest BCUT2D eigenvalue weighted by Crippen LogP contribution is 2.24. The van der Waals surface area contributed by atoms with E-state index in [1.165, 1.54) is 0 Å². The summed E-state index contributed by atoms with van der Waals surface area (Å²) < 4.78 is 38.5. The normalized spacial score (nSPS) is 13.8. The number of alkyl halides is 3. The van der Waals surface area contributed by atoms with Crippen LogP contribution in [-0.2, 0) is 13.5 Å². The molecule has 3 N–H and O–H groups in total. The van der Waals surface area contributed by atoms with E-state index in [4.69, 9.17) is 5.84 Å². The molecule has 7 heteroatoms. The smallest absolute Gasteiger partial charge is 0.271 e. The van der Waals surface area contributed by atoms with Crippen molar-refractivity contribution in [2.45, 2.75) is 31.5 Å². The number of fused-ring (bicyclic) bond motifs is 1. The van der Waals surface area contributed by atoms with Gasteiger partial charge in [0.25, 0.3) is 0 Å². The third-order valence-corrected chi connectivity index (χ3v) is 3.29. The van der Waals surface area contributed by atoms with Crippen LogP contribution in [-0.4, -0.2) is 22.0 Å². The minimum atomic E-state index is -4.17. The molecule has 1 aromatic heterocycles. The molecule has 0 aliphatic heterocycles. The molecule has 0 amide bonds. The van der Waals surface area contributed by atoms with Crippen LogP contribution in [0, 0.1) is 0 Å². The predicted octanol–water partition coefficient (Wildman–Crippen LogP) is 2.29. The van der Waals surface area contributed by atoms with Crippen molar-refractivity contribution < 1.29 is 13.2 Å². The molecule has 0 saturated carbocycles. The SMILES string of the molecule is Cn1nc(CC(CCC(F)(F)F)NN)c2ccccc21. The molecule has 0 fully saturated rings. The summed E-state index contributed by atoms with van der Waals surface area (Å²) in [6.07, 6.45) is -4.72. The Morgan fingerprint density at radius 1 is 1.35 bits per heavy atom. The van der Waals surface area contributed by atoms with Gasteiger partial charge in [-0.3, -0.25) is 16.0 Å². The van der Waals surface area contributed by atoms with Gasteiger partial charge in [-0.1, -0.05) is 18.2 Å². The minimum absolute atomic E-state index is 0.0646. The van der Waals surface area contributed by atoms with Crippen LogP contribution in [0.5, 0.6) is 0 Å². The molecule has 0 spiro atoms. The van der Waals surface area contributed by atoms with Gasteiger partial charge in [0.15, 0.2) is 0 Å². The standard InChI is InChI=1S/C13H17F3N4/c1-20-12-5-3-2-4-10(12)11(19-20)8-9(18-17)6-7-13(14,15)16/h2-5,9,18H,6-8,17H2,1H3. The Morgan fingerprint density at radius 2 is 2.05 bits per heavy atom. The maximum absolute atomic E-state index is 12.3. The van der Waals surface area contributed by atoms with E-state index in [2.05, 4.69) is 10.5 Å². The molecular weight excluding hydrogens is 269 g/mol. The Kier molecular flexibility index (Phi) is 4.29. The van der Waals surface area contributed by atoms with Crippen molar-refractivity contribution in [3.8, 4) is 0 Å². The molecule has 1 aromatic carbocycles. The van der Waals surface area contributed by atoms with E-state index in [-0.39, 0.29) is 6.42 Å². The number of aryl methyl sites for hydroxylation is 1. The first-order valence-corrected chi connectivity index (χ1v) is 6.34. The summed E-state index contributed by atoms with van der Waals surface area (Å²) in [4.78, 5) is 0. The van der Waals surface area contributed by atoms with Crippen molar-refractivity contribution in [3.63, 3.8) is 0 Å². The van der Waals surface area contributed by atoms with Crippen molar-refractivity contribution in [2.75, 3.05) is 0 Å². The lowest BCUT2D eigenvalue weighted by Gasteiger charge is -2.15. The molecule has 4 nitrogen and oxygen atoms in total. The van der Waals surface area contributed by atoms with Gasteiger partial charge < -0.3 is 0 Å². The molecule has 0 aliphatic rings. The minimum Gasteiger partial charge on any atom is -0.271 e. The van der Waals surface area contributed by atoms with E-state index < -0.39 is 18.6 Å². The third-order valence-electron chi connectivity index (χ3n) is 3.29. The Morgan fingerprint density at radius 3 is 2.70 bits per heavy atom. The zero-order valence-electron chi connectivity index (χ0n) is 11.1. The van der Waals surface area contributed by atoms with E-state index in [0.29, 0.717) is 6.42 Å². The molecule has 0 saturated heterocycles. The van der Waals surface area contributed by atoms with Crippen LogP contribution in [0.4, 0.5) is 13.2 Å². The Balaban J connectivity index is 2.13. The average Bonchev–Trinajstić information content (AvgIpc) is 2.71. The number of hydrazine groups is 1. The van der Waals surface area contributed by atoms with Crippen LogP contribution in [0.1, 0.15) is 18.5 Å². The van der Waals surface area contributed by atoms with Crippen molar-refractivity contribution in [1.82, 2.24) is 15.2 Å². The first-order valence-electron chi connectivity index (χ1n) is 6.34. The summed E-state index contributed by atoms with van der Waals surface area (Å²) in [5.74, 6) is 5.35.